The molecule has 1 aromatic rings. The number of hydrogen-bond acceptors (Lipinski definition) is 6. The average Bonchev–Trinajstić information content (AvgIpc) is 2.86. The third-order valence-corrected chi connectivity index (χ3v) is 4.38. The lowest BCUT2D eigenvalue weighted by molar-refractivity contribution is -0.380. The van der Waals surface area contributed by atoms with Crippen molar-refractivity contribution in [3.05, 3.63) is 16.3 Å². The van der Waals surface area contributed by atoms with Gasteiger partial charge >= 0.3 is 5.00 Å². The molecule has 0 radical (unpaired) electrons. The molecule has 1 aromatic heterocycles. The van der Waals surface area contributed by atoms with Crippen molar-refractivity contribution in [3.63, 3.8) is 0 Å². The molecule has 1 aliphatic heterocycles. The molecule has 15 heavy (non-hydrogen) atoms. The summed E-state index contributed by atoms with van der Waals surface area (Å²) in [5, 5.41) is 14.3. The van der Waals surface area contributed by atoms with Gasteiger partial charge in [0.05, 0.1) is 4.92 Å². The van der Waals surface area contributed by atoms with Gasteiger partial charge in [0.2, 0.25) is 0 Å². The number of thiazole rings is 1. The minimum absolute atomic E-state index is 0.0956. The number of hydrogen-bond donors (Lipinski definition) is 1. The first-order chi connectivity index (χ1) is 7.25. The first kappa shape index (κ1) is 10.7. The fourth-order valence-corrected chi connectivity index (χ4v) is 3.33. The lowest BCUT2D eigenvalue weighted by atomic mass is 10.1. The van der Waals surface area contributed by atoms with E-state index in [1.165, 1.54) is 24.1 Å². The van der Waals surface area contributed by atoms with Gasteiger partial charge in [0.25, 0.3) is 0 Å². The third kappa shape index (κ3) is 2.82. The van der Waals surface area contributed by atoms with Crippen LogP contribution in [-0.4, -0.2) is 28.0 Å². The quantitative estimate of drug-likeness (QED) is 0.650. The van der Waals surface area contributed by atoms with Crippen LogP contribution in [0.3, 0.4) is 0 Å². The molecular weight excluding hydrogens is 234 g/mol. The molecule has 1 unspecified atom stereocenters. The Labute approximate surface area is 95.4 Å². The Balaban J connectivity index is 1.84. The lowest BCUT2D eigenvalue weighted by Gasteiger charge is -2.07. The van der Waals surface area contributed by atoms with Crippen molar-refractivity contribution in [3.8, 4) is 0 Å². The van der Waals surface area contributed by atoms with E-state index < -0.39 is 4.92 Å². The molecule has 0 amide bonds. The van der Waals surface area contributed by atoms with Crippen LogP contribution in [0.1, 0.15) is 6.42 Å². The van der Waals surface area contributed by atoms with Crippen molar-refractivity contribution in [1.82, 2.24) is 4.98 Å². The maximum atomic E-state index is 10.4. The molecule has 2 rings (SSSR count). The predicted molar refractivity (Wildman–Crippen MR) is 62.7 cm³/mol. The molecular formula is C8H11N3O2S2. The Morgan fingerprint density at radius 2 is 2.60 bits per heavy atom. The Hall–Kier alpha value is -0.820. The van der Waals surface area contributed by atoms with E-state index in [0.29, 0.717) is 11.0 Å². The van der Waals surface area contributed by atoms with Gasteiger partial charge in [-0.05, 0) is 35.2 Å². The van der Waals surface area contributed by atoms with E-state index in [1.807, 2.05) is 11.8 Å². The highest BCUT2D eigenvalue weighted by Gasteiger charge is 2.16. The number of nitro groups is 1. The van der Waals surface area contributed by atoms with E-state index in [0.717, 1.165) is 17.9 Å². The van der Waals surface area contributed by atoms with E-state index in [1.54, 1.807) is 0 Å². The van der Waals surface area contributed by atoms with Crippen LogP contribution >= 0.6 is 23.1 Å². The molecule has 82 valence electrons. The summed E-state index contributed by atoms with van der Waals surface area (Å²) in [5.41, 5.74) is 0. The Morgan fingerprint density at radius 1 is 1.73 bits per heavy atom. The van der Waals surface area contributed by atoms with E-state index in [4.69, 9.17) is 0 Å². The summed E-state index contributed by atoms with van der Waals surface area (Å²) >= 11 is 3.06. The van der Waals surface area contributed by atoms with Crippen molar-refractivity contribution in [2.45, 2.75) is 6.42 Å². The SMILES string of the molecule is O=[N+]([O-])c1cnc(NCC2CCSC2)s1. The topological polar surface area (TPSA) is 68.1 Å². The zero-order valence-corrected chi connectivity index (χ0v) is 9.64. The number of nitrogens with one attached hydrogen (secondary N) is 1. The molecule has 0 spiro atoms. The van der Waals surface area contributed by atoms with Gasteiger partial charge in [-0.15, -0.1) is 0 Å². The minimum atomic E-state index is -0.408. The molecule has 5 nitrogen and oxygen atoms in total. The highest BCUT2D eigenvalue weighted by atomic mass is 32.2. The summed E-state index contributed by atoms with van der Waals surface area (Å²) in [4.78, 5) is 14.0. The summed E-state index contributed by atoms with van der Waals surface area (Å²) in [6, 6.07) is 0. The maximum Gasteiger partial charge on any atom is 0.345 e. The summed E-state index contributed by atoms with van der Waals surface area (Å²) in [6.45, 7) is 0.873. The van der Waals surface area contributed by atoms with Crippen molar-refractivity contribution in [2.75, 3.05) is 23.4 Å². The second-order valence-electron chi connectivity index (χ2n) is 3.37. The van der Waals surface area contributed by atoms with Gasteiger partial charge in [-0.25, -0.2) is 4.98 Å². The van der Waals surface area contributed by atoms with E-state index in [2.05, 4.69) is 10.3 Å². The van der Waals surface area contributed by atoms with E-state index in [-0.39, 0.29) is 5.00 Å². The van der Waals surface area contributed by atoms with Gasteiger partial charge in [-0.1, -0.05) is 0 Å². The first-order valence-electron chi connectivity index (χ1n) is 4.67. The molecule has 0 saturated carbocycles. The molecule has 7 heteroatoms. The monoisotopic (exact) mass is 245 g/mol. The van der Waals surface area contributed by atoms with Gasteiger partial charge in [-0.2, -0.15) is 11.8 Å². The van der Waals surface area contributed by atoms with Gasteiger partial charge in [0.1, 0.15) is 6.20 Å². The van der Waals surface area contributed by atoms with Crippen molar-refractivity contribution < 1.29 is 4.92 Å². The Morgan fingerprint density at radius 3 is 3.20 bits per heavy atom. The third-order valence-electron chi connectivity index (χ3n) is 2.24. The van der Waals surface area contributed by atoms with Crippen LogP contribution in [-0.2, 0) is 0 Å². The minimum Gasteiger partial charge on any atom is -0.361 e. The smallest absolute Gasteiger partial charge is 0.345 e. The number of rotatable bonds is 4. The van der Waals surface area contributed by atoms with E-state index >= 15 is 0 Å². The molecule has 1 atom stereocenters. The van der Waals surface area contributed by atoms with E-state index in [9.17, 15) is 10.1 Å². The van der Waals surface area contributed by atoms with Gasteiger partial charge in [0.15, 0.2) is 5.13 Å². The maximum absolute atomic E-state index is 10.4. The Kier molecular flexibility index (Phi) is 3.42. The molecule has 1 N–H and O–H groups in total. The summed E-state index contributed by atoms with van der Waals surface area (Å²) in [6.07, 6.45) is 2.53. The molecule has 1 aliphatic rings. The number of aromatic nitrogens is 1. The van der Waals surface area contributed by atoms with Crippen molar-refractivity contribution >= 4 is 33.2 Å². The summed E-state index contributed by atoms with van der Waals surface area (Å²) in [7, 11) is 0. The highest BCUT2D eigenvalue weighted by molar-refractivity contribution is 7.99. The normalized spacial score (nSPS) is 20.4. The number of nitrogens with zero attached hydrogens (tertiary/aromatic N) is 2. The fourth-order valence-electron chi connectivity index (χ4n) is 1.41. The standard InChI is InChI=1S/C8H11N3O2S2/c12-11(13)7-4-10-8(15-7)9-3-6-1-2-14-5-6/h4,6H,1-3,5H2,(H,9,10). The number of anilines is 1. The number of thioether (sulfide) groups is 1. The lowest BCUT2D eigenvalue weighted by Crippen LogP contribution is -2.13. The largest absolute Gasteiger partial charge is 0.361 e. The first-order valence-corrected chi connectivity index (χ1v) is 6.64. The molecule has 0 bridgehead atoms. The predicted octanol–water partition coefficient (Wildman–Crippen LogP) is 2.22. The van der Waals surface area contributed by atoms with Crippen LogP contribution in [0.5, 0.6) is 0 Å². The van der Waals surface area contributed by atoms with Gasteiger partial charge in [0, 0.05) is 6.54 Å². The summed E-state index contributed by atoms with van der Waals surface area (Å²) < 4.78 is 0. The Bertz CT molecular complexity index is 349. The van der Waals surface area contributed by atoms with Crippen LogP contribution in [0.15, 0.2) is 6.20 Å². The van der Waals surface area contributed by atoms with Crippen LogP contribution in [0.2, 0.25) is 0 Å². The second kappa shape index (κ2) is 4.80. The van der Waals surface area contributed by atoms with Crippen LogP contribution in [0.4, 0.5) is 10.1 Å². The molecule has 1 saturated heterocycles. The van der Waals surface area contributed by atoms with Crippen LogP contribution < -0.4 is 5.32 Å². The zero-order chi connectivity index (χ0) is 10.7. The van der Waals surface area contributed by atoms with Crippen molar-refractivity contribution in [2.24, 2.45) is 5.92 Å². The van der Waals surface area contributed by atoms with Gasteiger partial charge < -0.3 is 5.32 Å². The zero-order valence-electron chi connectivity index (χ0n) is 8.01. The van der Waals surface area contributed by atoms with Gasteiger partial charge in [-0.3, -0.25) is 10.1 Å². The molecule has 1 fully saturated rings. The molecule has 0 aromatic carbocycles. The highest BCUT2D eigenvalue weighted by Crippen LogP contribution is 2.27. The van der Waals surface area contributed by atoms with Crippen LogP contribution in [0, 0.1) is 16.0 Å². The molecule has 2 heterocycles. The average molecular weight is 245 g/mol. The van der Waals surface area contributed by atoms with Crippen molar-refractivity contribution in [1.29, 1.82) is 0 Å². The fraction of sp³-hybridized carbons (Fsp3) is 0.625. The second-order valence-corrected chi connectivity index (χ2v) is 5.53. The summed E-state index contributed by atoms with van der Waals surface area (Å²) in [5.74, 6) is 3.09. The molecule has 0 aliphatic carbocycles. The van der Waals surface area contributed by atoms with Crippen LogP contribution in [0.25, 0.3) is 0 Å².